The summed E-state index contributed by atoms with van der Waals surface area (Å²) in [4.78, 5) is 4.29. The number of rotatable bonds is 3. The first-order valence-electron chi connectivity index (χ1n) is 4.90. The molecular formula is C10H19N3O2. The molecule has 0 fully saturated rings. The van der Waals surface area contributed by atoms with Crippen LogP contribution in [-0.4, -0.2) is 23.9 Å². The fourth-order valence-electron chi connectivity index (χ4n) is 1.12. The first-order valence-corrected chi connectivity index (χ1v) is 4.90. The molecule has 0 bridgehead atoms. The quantitative estimate of drug-likeness (QED) is 0.816. The maximum atomic E-state index is 6.00. The lowest BCUT2D eigenvalue weighted by atomic mass is 9.97. The summed E-state index contributed by atoms with van der Waals surface area (Å²) in [6, 6.07) is 0. The SMILES string of the molecule is COCC(C)(N)c1noc(C(C)(C)C)n1. The summed E-state index contributed by atoms with van der Waals surface area (Å²) in [6.07, 6.45) is 0. The van der Waals surface area contributed by atoms with Gasteiger partial charge in [-0.3, -0.25) is 0 Å². The van der Waals surface area contributed by atoms with E-state index in [4.69, 9.17) is 15.0 Å². The predicted molar refractivity (Wildman–Crippen MR) is 56.4 cm³/mol. The van der Waals surface area contributed by atoms with Crippen molar-refractivity contribution in [3.8, 4) is 0 Å². The second-order valence-electron chi connectivity index (χ2n) is 5.02. The summed E-state index contributed by atoms with van der Waals surface area (Å²) in [7, 11) is 1.59. The molecular weight excluding hydrogens is 194 g/mol. The Balaban J connectivity index is 2.94. The number of hydrogen-bond donors (Lipinski definition) is 1. The highest BCUT2D eigenvalue weighted by Gasteiger charge is 2.30. The van der Waals surface area contributed by atoms with E-state index in [1.165, 1.54) is 0 Å². The minimum atomic E-state index is -0.707. The fraction of sp³-hybridized carbons (Fsp3) is 0.800. The van der Waals surface area contributed by atoms with Crippen LogP contribution in [0.15, 0.2) is 4.52 Å². The van der Waals surface area contributed by atoms with Gasteiger partial charge in [0, 0.05) is 12.5 Å². The molecule has 0 aliphatic heterocycles. The molecule has 15 heavy (non-hydrogen) atoms. The van der Waals surface area contributed by atoms with E-state index in [9.17, 15) is 0 Å². The third kappa shape index (κ3) is 2.76. The lowest BCUT2D eigenvalue weighted by Gasteiger charge is -2.18. The summed E-state index contributed by atoms with van der Waals surface area (Å²) >= 11 is 0. The van der Waals surface area contributed by atoms with Crippen LogP contribution in [0.5, 0.6) is 0 Å². The first-order chi connectivity index (χ1) is 6.77. The zero-order valence-electron chi connectivity index (χ0n) is 10.00. The van der Waals surface area contributed by atoms with Crippen molar-refractivity contribution in [1.82, 2.24) is 10.1 Å². The highest BCUT2D eigenvalue weighted by atomic mass is 16.5. The van der Waals surface area contributed by atoms with E-state index in [2.05, 4.69) is 10.1 Å². The highest BCUT2D eigenvalue weighted by Crippen LogP contribution is 2.22. The molecule has 1 rings (SSSR count). The van der Waals surface area contributed by atoms with E-state index < -0.39 is 5.54 Å². The third-order valence-electron chi connectivity index (χ3n) is 2.02. The normalized spacial score (nSPS) is 16.4. The molecule has 2 N–H and O–H groups in total. The number of nitrogens with two attached hydrogens (primary N) is 1. The molecule has 1 aromatic heterocycles. The van der Waals surface area contributed by atoms with Crippen LogP contribution in [-0.2, 0) is 15.7 Å². The second-order valence-corrected chi connectivity index (χ2v) is 5.02. The Bertz CT molecular complexity index is 326. The molecule has 5 nitrogen and oxygen atoms in total. The molecule has 0 radical (unpaired) electrons. The molecule has 0 amide bonds. The van der Waals surface area contributed by atoms with Crippen molar-refractivity contribution < 1.29 is 9.26 Å². The van der Waals surface area contributed by atoms with Gasteiger partial charge in [-0.25, -0.2) is 0 Å². The van der Waals surface area contributed by atoms with Crippen LogP contribution < -0.4 is 5.73 Å². The molecule has 0 aliphatic rings. The Labute approximate surface area is 90.0 Å². The molecule has 5 heteroatoms. The Hall–Kier alpha value is -0.940. The van der Waals surface area contributed by atoms with Gasteiger partial charge >= 0.3 is 0 Å². The molecule has 1 atom stereocenters. The van der Waals surface area contributed by atoms with Gasteiger partial charge in [0.2, 0.25) is 5.89 Å². The minimum absolute atomic E-state index is 0.158. The summed E-state index contributed by atoms with van der Waals surface area (Å²) in [5, 5.41) is 3.88. The van der Waals surface area contributed by atoms with Crippen LogP contribution in [0.4, 0.5) is 0 Å². The van der Waals surface area contributed by atoms with Gasteiger partial charge in [0.1, 0.15) is 5.54 Å². The van der Waals surface area contributed by atoms with Gasteiger partial charge in [0.25, 0.3) is 0 Å². The van der Waals surface area contributed by atoms with Crippen molar-refractivity contribution in [3.63, 3.8) is 0 Å². The topological polar surface area (TPSA) is 74.2 Å². The van der Waals surface area contributed by atoms with Crippen LogP contribution in [0.25, 0.3) is 0 Å². The Morgan fingerprint density at radius 1 is 1.33 bits per heavy atom. The Kier molecular flexibility index (Phi) is 3.16. The van der Waals surface area contributed by atoms with Crippen LogP contribution >= 0.6 is 0 Å². The molecule has 0 spiro atoms. The van der Waals surface area contributed by atoms with E-state index in [1.807, 2.05) is 27.7 Å². The number of aromatic nitrogens is 2. The number of nitrogens with zero attached hydrogens (tertiary/aromatic N) is 2. The van der Waals surface area contributed by atoms with Crippen molar-refractivity contribution in [2.75, 3.05) is 13.7 Å². The summed E-state index contributed by atoms with van der Waals surface area (Å²) < 4.78 is 10.2. The molecule has 1 aromatic rings. The molecule has 86 valence electrons. The molecule has 0 aromatic carbocycles. The summed E-state index contributed by atoms with van der Waals surface area (Å²) in [5.74, 6) is 1.07. The van der Waals surface area contributed by atoms with E-state index in [1.54, 1.807) is 7.11 Å². The number of ether oxygens (including phenoxy) is 1. The first kappa shape index (κ1) is 12.1. The molecule has 0 aliphatic carbocycles. The van der Waals surface area contributed by atoms with Crippen LogP contribution in [0, 0.1) is 0 Å². The molecule has 0 saturated carbocycles. The monoisotopic (exact) mass is 213 g/mol. The zero-order valence-corrected chi connectivity index (χ0v) is 10.00. The van der Waals surface area contributed by atoms with Gasteiger partial charge in [0.05, 0.1) is 6.61 Å². The number of hydrogen-bond acceptors (Lipinski definition) is 5. The lowest BCUT2D eigenvalue weighted by molar-refractivity contribution is 0.135. The molecule has 1 heterocycles. The Morgan fingerprint density at radius 3 is 2.33 bits per heavy atom. The second kappa shape index (κ2) is 3.90. The maximum absolute atomic E-state index is 6.00. The summed E-state index contributed by atoms with van der Waals surface area (Å²) in [5.41, 5.74) is 5.13. The fourth-order valence-corrected chi connectivity index (χ4v) is 1.12. The number of methoxy groups -OCH3 is 1. The van der Waals surface area contributed by atoms with Crippen LogP contribution in [0.3, 0.4) is 0 Å². The van der Waals surface area contributed by atoms with Gasteiger partial charge in [0.15, 0.2) is 5.82 Å². The van der Waals surface area contributed by atoms with Gasteiger partial charge in [-0.1, -0.05) is 25.9 Å². The predicted octanol–water partition coefficient (Wildman–Crippen LogP) is 1.19. The minimum Gasteiger partial charge on any atom is -0.382 e. The van der Waals surface area contributed by atoms with E-state index in [0.717, 1.165) is 0 Å². The maximum Gasteiger partial charge on any atom is 0.232 e. The largest absolute Gasteiger partial charge is 0.382 e. The van der Waals surface area contributed by atoms with Crippen molar-refractivity contribution in [1.29, 1.82) is 0 Å². The zero-order chi connectivity index (χ0) is 11.7. The smallest absolute Gasteiger partial charge is 0.232 e. The van der Waals surface area contributed by atoms with Crippen LogP contribution in [0.2, 0.25) is 0 Å². The highest BCUT2D eigenvalue weighted by molar-refractivity contribution is 5.05. The Morgan fingerprint density at radius 2 is 1.93 bits per heavy atom. The van der Waals surface area contributed by atoms with E-state index in [0.29, 0.717) is 18.3 Å². The van der Waals surface area contributed by atoms with Crippen molar-refractivity contribution >= 4 is 0 Å². The van der Waals surface area contributed by atoms with Gasteiger partial charge in [-0.05, 0) is 6.92 Å². The van der Waals surface area contributed by atoms with E-state index in [-0.39, 0.29) is 5.41 Å². The lowest BCUT2D eigenvalue weighted by Crippen LogP contribution is -2.39. The third-order valence-corrected chi connectivity index (χ3v) is 2.02. The molecule has 0 saturated heterocycles. The van der Waals surface area contributed by atoms with Crippen molar-refractivity contribution in [2.24, 2.45) is 5.73 Å². The van der Waals surface area contributed by atoms with Gasteiger partial charge in [-0.2, -0.15) is 4.98 Å². The van der Waals surface area contributed by atoms with E-state index >= 15 is 0 Å². The standard InChI is InChI=1S/C10H19N3O2/c1-9(2,3)8-12-7(13-15-8)10(4,11)6-14-5/h6,11H2,1-5H3. The van der Waals surface area contributed by atoms with Gasteiger partial charge in [-0.15, -0.1) is 0 Å². The summed E-state index contributed by atoms with van der Waals surface area (Å²) in [6.45, 7) is 8.20. The average Bonchev–Trinajstić information content (AvgIpc) is 2.50. The van der Waals surface area contributed by atoms with Crippen molar-refractivity contribution in [2.45, 2.75) is 38.6 Å². The molecule has 1 unspecified atom stereocenters. The average molecular weight is 213 g/mol. The van der Waals surface area contributed by atoms with Crippen LogP contribution in [0.1, 0.15) is 39.4 Å². The van der Waals surface area contributed by atoms with Crippen molar-refractivity contribution in [3.05, 3.63) is 11.7 Å². The van der Waals surface area contributed by atoms with Gasteiger partial charge < -0.3 is 15.0 Å².